The van der Waals surface area contributed by atoms with Gasteiger partial charge in [0.2, 0.25) is 6.17 Å². The predicted octanol–water partition coefficient (Wildman–Crippen LogP) is -0.544. The Kier molecular flexibility index (Phi) is 3.10. The Morgan fingerprint density at radius 1 is 2.00 bits per heavy atom. The zero-order chi connectivity index (χ0) is 6.57. The number of esters is 1. The lowest BCUT2D eigenvalue weighted by molar-refractivity contribution is -0.146. The van der Waals surface area contributed by atoms with E-state index < -0.39 is 12.1 Å². The molecule has 0 aliphatic rings. The van der Waals surface area contributed by atoms with Gasteiger partial charge in [0.15, 0.2) is 0 Å². The number of carbonyl (C=O) groups is 1. The number of alkyl halides is 1. The molecule has 8 heavy (non-hydrogen) atoms. The van der Waals surface area contributed by atoms with E-state index in [1.807, 2.05) is 0 Å². The molecule has 0 saturated heterocycles. The van der Waals surface area contributed by atoms with E-state index >= 15 is 0 Å². The standard InChI is InChI=1S/C4H8FNO2/c1-8-4(7)3(5)2-6/h3H,2,6H2,1H3/t3-/m1/s1. The molecule has 0 aromatic rings. The third kappa shape index (κ3) is 1.88. The third-order valence-electron chi connectivity index (χ3n) is 0.664. The van der Waals surface area contributed by atoms with Crippen LogP contribution in [-0.2, 0) is 9.53 Å². The number of hydrogen-bond donors (Lipinski definition) is 1. The molecule has 0 aromatic heterocycles. The van der Waals surface area contributed by atoms with Gasteiger partial charge >= 0.3 is 5.97 Å². The van der Waals surface area contributed by atoms with Gasteiger partial charge in [0.05, 0.1) is 7.11 Å². The van der Waals surface area contributed by atoms with E-state index in [0.717, 1.165) is 7.11 Å². The van der Waals surface area contributed by atoms with Gasteiger partial charge in [-0.2, -0.15) is 0 Å². The minimum atomic E-state index is -1.67. The molecule has 0 aliphatic heterocycles. The number of nitrogens with two attached hydrogens (primary N) is 1. The summed E-state index contributed by atoms with van der Waals surface area (Å²) in [6.45, 7) is -0.313. The van der Waals surface area contributed by atoms with E-state index in [-0.39, 0.29) is 6.54 Å². The first-order valence-electron chi connectivity index (χ1n) is 2.14. The van der Waals surface area contributed by atoms with Gasteiger partial charge in [-0.15, -0.1) is 0 Å². The summed E-state index contributed by atoms with van der Waals surface area (Å²) < 4.78 is 15.9. The smallest absolute Gasteiger partial charge is 0.341 e. The maximum absolute atomic E-state index is 11.9. The molecular weight excluding hydrogens is 113 g/mol. The average molecular weight is 121 g/mol. The highest BCUT2D eigenvalue weighted by atomic mass is 19.1. The number of ether oxygens (including phenoxy) is 1. The van der Waals surface area contributed by atoms with E-state index in [2.05, 4.69) is 4.74 Å². The topological polar surface area (TPSA) is 52.3 Å². The van der Waals surface area contributed by atoms with Crippen LogP contribution in [0.1, 0.15) is 0 Å². The molecule has 4 heteroatoms. The van der Waals surface area contributed by atoms with Gasteiger partial charge in [0.1, 0.15) is 0 Å². The first kappa shape index (κ1) is 7.36. The number of halogens is 1. The Morgan fingerprint density at radius 2 is 2.50 bits per heavy atom. The van der Waals surface area contributed by atoms with Crippen LogP contribution in [0.3, 0.4) is 0 Å². The minimum absolute atomic E-state index is 0.313. The van der Waals surface area contributed by atoms with Crippen molar-refractivity contribution in [3.05, 3.63) is 0 Å². The van der Waals surface area contributed by atoms with Gasteiger partial charge in [-0.1, -0.05) is 0 Å². The lowest BCUT2D eigenvalue weighted by atomic mass is 10.4. The predicted molar refractivity (Wildman–Crippen MR) is 26.0 cm³/mol. The molecule has 1 atom stereocenters. The molecule has 0 bridgehead atoms. The zero-order valence-corrected chi connectivity index (χ0v) is 4.56. The highest BCUT2D eigenvalue weighted by Gasteiger charge is 2.13. The molecule has 0 fully saturated rings. The molecule has 2 N–H and O–H groups in total. The normalized spacial score (nSPS) is 12.9. The summed E-state index contributed by atoms with van der Waals surface area (Å²) in [4.78, 5) is 10.1. The molecule has 3 nitrogen and oxygen atoms in total. The number of rotatable bonds is 2. The van der Waals surface area contributed by atoms with Gasteiger partial charge in [0, 0.05) is 6.54 Å². The molecule has 0 aliphatic carbocycles. The van der Waals surface area contributed by atoms with Crippen molar-refractivity contribution in [1.29, 1.82) is 0 Å². The molecule has 0 spiro atoms. The molecule has 48 valence electrons. The van der Waals surface area contributed by atoms with Crippen LogP contribution in [0.15, 0.2) is 0 Å². The van der Waals surface area contributed by atoms with Crippen LogP contribution in [0.4, 0.5) is 4.39 Å². The highest BCUT2D eigenvalue weighted by molar-refractivity contribution is 5.74. The second-order valence-corrected chi connectivity index (χ2v) is 1.23. The molecule has 0 aromatic carbocycles. The SMILES string of the molecule is COC(=O)[C@H](F)CN. The van der Waals surface area contributed by atoms with Crippen molar-refractivity contribution in [3.63, 3.8) is 0 Å². The van der Waals surface area contributed by atoms with Gasteiger partial charge in [-0.3, -0.25) is 0 Å². The Hall–Kier alpha value is -0.640. The van der Waals surface area contributed by atoms with Crippen LogP contribution in [0.5, 0.6) is 0 Å². The minimum Gasteiger partial charge on any atom is -0.467 e. The van der Waals surface area contributed by atoms with Gasteiger partial charge in [0.25, 0.3) is 0 Å². The summed E-state index contributed by atoms with van der Waals surface area (Å²) in [7, 11) is 1.12. The van der Waals surface area contributed by atoms with Crippen LogP contribution in [0, 0.1) is 0 Å². The maximum atomic E-state index is 11.9. The summed E-state index contributed by atoms with van der Waals surface area (Å²) in [5.74, 6) is -0.910. The van der Waals surface area contributed by atoms with Crippen LogP contribution < -0.4 is 5.73 Å². The van der Waals surface area contributed by atoms with Crippen LogP contribution in [-0.4, -0.2) is 25.8 Å². The second kappa shape index (κ2) is 3.37. The maximum Gasteiger partial charge on any atom is 0.341 e. The van der Waals surface area contributed by atoms with Crippen molar-refractivity contribution < 1.29 is 13.9 Å². The van der Waals surface area contributed by atoms with Crippen molar-refractivity contribution >= 4 is 5.97 Å². The number of methoxy groups -OCH3 is 1. The van der Waals surface area contributed by atoms with Crippen LogP contribution in [0.2, 0.25) is 0 Å². The Balaban J connectivity index is 3.46. The van der Waals surface area contributed by atoms with Crippen LogP contribution >= 0.6 is 0 Å². The summed E-state index contributed by atoms with van der Waals surface area (Å²) in [6, 6.07) is 0. The van der Waals surface area contributed by atoms with Crippen molar-refractivity contribution in [1.82, 2.24) is 0 Å². The lowest BCUT2D eigenvalue weighted by Gasteiger charge is -1.99. The molecule has 0 unspecified atom stereocenters. The fourth-order valence-corrected chi connectivity index (χ4v) is 0.224. The van der Waals surface area contributed by atoms with Gasteiger partial charge < -0.3 is 10.5 Å². The van der Waals surface area contributed by atoms with Crippen molar-refractivity contribution in [2.24, 2.45) is 5.73 Å². The third-order valence-corrected chi connectivity index (χ3v) is 0.664. The fourth-order valence-electron chi connectivity index (χ4n) is 0.224. The second-order valence-electron chi connectivity index (χ2n) is 1.23. The van der Waals surface area contributed by atoms with Crippen molar-refractivity contribution in [2.75, 3.05) is 13.7 Å². The fraction of sp³-hybridized carbons (Fsp3) is 0.750. The largest absolute Gasteiger partial charge is 0.467 e. The van der Waals surface area contributed by atoms with Crippen LogP contribution in [0.25, 0.3) is 0 Å². The molecule has 0 heterocycles. The Labute approximate surface area is 46.6 Å². The molecular formula is C4H8FNO2. The number of carbonyl (C=O) groups excluding carboxylic acids is 1. The van der Waals surface area contributed by atoms with E-state index in [0.29, 0.717) is 0 Å². The summed E-state index contributed by atoms with van der Waals surface area (Å²) in [6.07, 6.45) is -1.67. The van der Waals surface area contributed by atoms with E-state index in [4.69, 9.17) is 5.73 Å². The van der Waals surface area contributed by atoms with E-state index in [9.17, 15) is 9.18 Å². The monoisotopic (exact) mass is 121 g/mol. The highest BCUT2D eigenvalue weighted by Crippen LogP contribution is 1.88. The quantitative estimate of drug-likeness (QED) is 0.499. The first-order chi connectivity index (χ1) is 3.72. The first-order valence-corrected chi connectivity index (χ1v) is 2.14. The summed E-state index contributed by atoms with van der Waals surface area (Å²) in [5, 5.41) is 0. The Bertz CT molecular complexity index is 86.1. The van der Waals surface area contributed by atoms with Crippen molar-refractivity contribution in [2.45, 2.75) is 6.17 Å². The van der Waals surface area contributed by atoms with Crippen molar-refractivity contribution in [3.8, 4) is 0 Å². The van der Waals surface area contributed by atoms with E-state index in [1.165, 1.54) is 0 Å². The zero-order valence-electron chi connectivity index (χ0n) is 4.56. The molecule has 0 rings (SSSR count). The molecule has 0 radical (unpaired) electrons. The number of hydrogen-bond acceptors (Lipinski definition) is 3. The summed E-state index contributed by atoms with van der Waals surface area (Å²) >= 11 is 0. The average Bonchev–Trinajstić information content (AvgIpc) is 1.84. The van der Waals surface area contributed by atoms with Gasteiger partial charge in [-0.05, 0) is 0 Å². The van der Waals surface area contributed by atoms with E-state index in [1.54, 1.807) is 0 Å². The Morgan fingerprint density at radius 3 is 2.62 bits per heavy atom. The molecule has 0 amide bonds. The lowest BCUT2D eigenvalue weighted by Crippen LogP contribution is -2.25. The summed E-state index contributed by atoms with van der Waals surface area (Å²) in [5.41, 5.74) is 4.77. The molecule has 0 saturated carbocycles. The van der Waals surface area contributed by atoms with Gasteiger partial charge in [-0.25, -0.2) is 9.18 Å².